The van der Waals surface area contributed by atoms with Crippen LogP contribution < -0.4 is 5.32 Å². The fourth-order valence-corrected chi connectivity index (χ4v) is 0.620. The van der Waals surface area contributed by atoms with Crippen molar-refractivity contribution in [3.05, 3.63) is 0 Å². The van der Waals surface area contributed by atoms with Crippen molar-refractivity contribution in [1.29, 1.82) is 5.26 Å². The van der Waals surface area contributed by atoms with E-state index in [1.54, 1.807) is 6.92 Å². The summed E-state index contributed by atoms with van der Waals surface area (Å²) in [6, 6.07) is 1.39. The molecule has 1 amide bonds. The number of nitriles is 1. The highest BCUT2D eigenvalue weighted by Gasteiger charge is 2.28. The van der Waals surface area contributed by atoms with Crippen molar-refractivity contribution in [3.63, 3.8) is 0 Å². The fourth-order valence-electron chi connectivity index (χ4n) is 0.511. The van der Waals surface area contributed by atoms with E-state index in [1.807, 2.05) is 6.07 Å². The zero-order chi connectivity index (χ0) is 9.78. The minimum atomic E-state index is -1.47. The average Bonchev–Trinajstić information content (AvgIpc) is 1.97. The molecule has 0 aromatic carbocycles. The van der Waals surface area contributed by atoms with Crippen LogP contribution in [0.5, 0.6) is 0 Å². The molecule has 0 saturated carbocycles. The van der Waals surface area contributed by atoms with E-state index < -0.39 is 16.3 Å². The SMILES string of the molecule is CC[C@H](C#N)NC(=O)C(C)(Cl)Cl. The van der Waals surface area contributed by atoms with Gasteiger partial charge in [-0.25, -0.2) is 0 Å². The highest BCUT2D eigenvalue weighted by atomic mass is 35.5. The van der Waals surface area contributed by atoms with E-state index in [2.05, 4.69) is 5.32 Å². The number of amides is 1. The summed E-state index contributed by atoms with van der Waals surface area (Å²) in [5.74, 6) is -0.542. The normalized spacial score (nSPS) is 13.2. The summed E-state index contributed by atoms with van der Waals surface area (Å²) in [6.07, 6.45) is 0.534. The largest absolute Gasteiger partial charge is 0.338 e. The molecule has 0 radical (unpaired) electrons. The number of carbonyl (C=O) groups excluding carboxylic acids is 1. The van der Waals surface area contributed by atoms with Crippen LogP contribution in [0.25, 0.3) is 0 Å². The van der Waals surface area contributed by atoms with Crippen LogP contribution in [-0.2, 0) is 4.79 Å². The lowest BCUT2D eigenvalue weighted by Crippen LogP contribution is -2.41. The molecular weight excluding hydrogens is 199 g/mol. The molecule has 0 bridgehead atoms. The molecule has 0 aliphatic heterocycles. The van der Waals surface area contributed by atoms with Crippen LogP contribution in [0.1, 0.15) is 20.3 Å². The van der Waals surface area contributed by atoms with Crippen LogP contribution in [0.2, 0.25) is 0 Å². The molecule has 12 heavy (non-hydrogen) atoms. The van der Waals surface area contributed by atoms with Crippen LogP contribution in [0.15, 0.2) is 0 Å². The zero-order valence-corrected chi connectivity index (χ0v) is 8.41. The molecule has 0 fully saturated rings. The second kappa shape index (κ2) is 4.54. The summed E-state index contributed by atoms with van der Waals surface area (Å²) in [6.45, 7) is 3.14. The van der Waals surface area contributed by atoms with Crippen molar-refractivity contribution in [2.24, 2.45) is 0 Å². The molecule has 0 heterocycles. The molecule has 0 aliphatic carbocycles. The van der Waals surface area contributed by atoms with Crippen LogP contribution in [0.4, 0.5) is 0 Å². The lowest BCUT2D eigenvalue weighted by molar-refractivity contribution is -0.121. The van der Waals surface area contributed by atoms with Crippen molar-refractivity contribution in [2.75, 3.05) is 0 Å². The maximum absolute atomic E-state index is 11.1. The van der Waals surface area contributed by atoms with Gasteiger partial charge < -0.3 is 5.32 Å². The van der Waals surface area contributed by atoms with Crippen molar-refractivity contribution in [3.8, 4) is 6.07 Å². The topological polar surface area (TPSA) is 52.9 Å². The summed E-state index contributed by atoms with van der Waals surface area (Å²) in [5, 5.41) is 10.9. The van der Waals surface area contributed by atoms with Crippen LogP contribution in [0, 0.1) is 11.3 Å². The number of hydrogen-bond donors (Lipinski definition) is 1. The number of nitrogens with one attached hydrogen (secondary N) is 1. The Labute approximate surface area is 81.6 Å². The minimum absolute atomic E-state index is 0.519. The number of halogens is 2. The smallest absolute Gasteiger partial charge is 0.257 e. The summed E-state index contributed by atoms with van der Waals surface area (Å²) in [5.41, 5.74) is 0. The van der Waals surface area contributed by atoms with Gasteiger partial charge in [-0.3, -0.25) is 4.79 Å². The predicted octanol–water partition coefficient (Wildman–Crippen LogP) is 1.60. The minimum Gasteiger partial charge on any atom is -0.338 e. The highest BCUT2D eigenvalue weighted by molar-refractivity contribution is 6.57. The first-order chi connectivity index (χ1) is 5.41. The Balaban J connectivity index is 4.11. The Morgan fingerprint density at radius 1 is 1.75 bits per heavy atom. The Kier molecular flexibility index (Phi) is 4.36. The Morgan fingerprint density at radius 2 is 2.25 bits per heavy atom. The van der Waals surface area contributed by atoms with Gasteiger partial charge >= 0.3 is 0 Å². The highest BCUT2D eigenvalue weighted by Crippen LogP contribution is 2.19. The van der Waals surface area contributed by atoms with Gasteiger partial charge in [-0.2, -0.15) is 5.26 Å². The molecule has 0 rings (SSSR count). The third-order valence-corrected chi connectivity index (χ3v) is 1.61. The fraction of sp³-hybridized carbons (Fsp3) is 0.714. The first kappa shape index (κ1) is 11.5. The lowest BCUT2D eigenvalue weighted by Gasteiger charge is -2.15. The van der Waals surface area contributed by atoms with Gasteiger partial charge in [0.05, 0.1) is 6.07 Å². The maximum Gasteiger partial charge on any atom is 0.257 e. The molecule has 1 atom stereocenters. The average molecular weight is 209 g/mol. The van der Waals surface area contributed by atoms with E-state index in [0.29, 0.717) is 6.42 Å². The van der Waals surface area contributed by atoms with Gasteiger partial charge in [0.25, 0.3) is 5.91 Å². The predicted molar refractivity (Wildman–Crippen MR) is 47.9 cm³/mol. The molecule has 1 N–H and O–H groups in total. The molecule has 0 spiro atoms. The second-order valence-electron chi connectivity index (χ2n) is 2.45. The van der Waals surface area contributed by atoms with E-state index >= 15 is 0 Å². The molecule has 5 heteroatoms. The second-order valence-corrected chi connectivity index (χ2v) is 4.16. The zero-order valence-electron chi connectivity index (χ0n) is 6.90. The summed E-state index contributed by atoms with van der Waals surface area (Å²) in [4.78, 5) is 11.1. The Hall–Kier alpha value is -0.460. The van der Waals surface area contributed by atoms with E-state index in [0.717, 1.165) is 0 Å². The maximum atomic E-state index is 11.1. The van der Waals surface area contributed by atoms with Crippen LogP contribution >= 0.6 is 23.2 Å². The van der Waals surface area contributed by atoms with E-state index in [9.17, 15) is 4.79 Å². The van der Waals surface area contributed by atoms with E-state index in [4.69, 9.17) is 28.5 Å². The molecule has 0 aliphatic rings. The number of carbonyl (C=O) groups is 1. The van der Waals surface area contributed by atoms with Gasteiger partial charge in [0.1, 0.15) is 6.04 Å². The number of nitrogens with zero attached hydrogens (tertiary/aromatic N) is 1. The number of rotatable bonds is 3. The standard InChI is InChI=1S/C7H10Cl2N2O/c1-3-5(4-10)11-6(12)7(2,8)9/h5H,3H2,1-2H3,(H,11,12)/t5-/m1/s1. The van der Waals surface area contributed by atoms with Gasteiger partial charge in [0.15, 0.2) is 4.33 Å². The first-order valence-electron chi connectivity index (χ1n) is 3.50. The van der Waals surface area contributed by atoms with Crippen LogP contribution in [0.3, 0.4) is 0 Å². The molecule has 3 nitrogen and oxygen atoms in total. The van der Waals surface area contributed by atoms with Crippen molar-refractivity contribution >= 4 is 29.1 Å². The van der Waals surface area contributed by atoms with Crippen LogP contribution in [-0.4, -0.2) is 16.3 Å². The lowest BCUT2D eigenvalue weighted by atomic mass is 10.2. The third kappa shape index (κ3) is 3.80. The van der Waals surface area contributed by atoms with E-state index in [1.165, 1.54) is 6.92 Å². The van der Waals surface area contributed by atoms with Crippen molar-refractivity contribution in [2.45, 2.75) is 30.6 Å². The molecule has 0 aromatic rings. The Bertz CT molecular complexity index is 204. The van der Waals surface area contributed by atoms with Gasteiger partial charge in [-0.1, -0.05) is 30.1 Å². The third-order valence-electron chi connectivity index (χ3n) is 1.27. The molecular formula is C7H10Cl2N2O. The monoisotopic (exact) mass is 208 g/mol. The Morgan fingerprint density at radius 3 is 2.50 bits per heavy atom. The van der Waals surface area contributed by atoms with Gasteiger partial charge in [-0.05, 0) is 13.3 Å². The van der Waals surface area contributed by atoms with Gasteiger partial charge in [0, 0.05) is 0 Å². The first-order valence-corrected chi connectivity index (χ1v) is 4.25. The molecule has 68 valence electrons. The van der Waals surface area contributed by atoms with Gasteiger partial charge in [-0.15, -0.1) is 0 Å². The summed E-state index contributed by atoms with van der Waals surface area (Å²) < 4.78 is -1.47. The summed E-state index contributed by atoms with van der Waals surface area (Å²) in [7, 11) is 0. The van der Waals surface area contributed by atoms with Crippen molar-refractivity contribution < 1.29 is 4.79 Å². The van der Waals surface area contributed by atoms with E-state index in [-0.39, 0.29) is 0 Å². The van der Waals surface area contributed by atoms with Crippen molar-refractivity contribution in [1.82, 2.24) is 5.32 Å². The molecule has 0 unspecified atom stereocenters. The molecule has 0 saturated heterocycles. The number of hydrogen-bond acceptors (Lipinski definition) is 2. The summed E-state index contributed by atoms with van der Waals surface area (Å²) >= 11 is 11.0. The molecule has 0 aromatic heterocycles. The van der Waals surface area contributed by atoms with Gasteiger partial charge in [0.2, 0.25) is 0 Å². The quantitative estimate of drug-likeness (QED) is 0.717. The number of alkyl halides is 2.